The van der Waals surface area contributed by atoms with Crippen molar-refractivity contribution in [2.75, 3.05) is 13.6 Å². The number of hydrogen-bond donors (Lipinski definition) is 2. The number of urea groups is 1. The van der Waals surface area contributed by atoms with Crippen molar-refractivity contribution < 1.29 is 14.7 Å². The monoisotopic (exact) mass is 327 g/mol. The van der Waals surface area contributed by atoms with Gasteiger partial charge in [0.1, 0.15) is 0 Å². The van der Waals surface area contributed by atoms with E-state index in [1.807, 2.05) is 43.3 Å². The topological polar surface area (TPSA) is 82.5 Å². The number of pyridine rings is 1. The van der Waals surface area contributed by atoms with Gasteiger partial charge in [-0.1, -0.05) is 24.3 Å². The average Bonchev–Trinajstić information content (AvgIpc) is 2.60. The number of rotatable bonds is 6. The molecule has 0 bridgehead atoms. The first kappa shape index (κ1) is 17.5. The maximum absolute atomic E-state index is 12.0. The van der Waals surface area contributed by atoms with Crippen molar-refractivity contribution in [2.45, 2.75) is 19.4 Å². The second kappa shape index (κ2) is 8.10. The van der Waals surface area contributed by atoms with E-state index in [9.17, 15) is 9.59 Å². The molecule has 24 heavy (non-hydrogen) atoms. The van der Waals surface area contributed by atoms with Crippen LogP contribution in [0.1, 0.15) is 24.9 Å². The van der Waals surface area contributed by atoms with Crippen LogP contribution in [-0.2, 0) is 4.79 Å². The molecule has 1 atom stereocenters. The van der Waals surface area contributed by atoms with Crippen molar-refractivity contribution >= 4 is 12.0 Å². The van der Waals surface area contributed by atoms with Gasteiger partial charge < -0.3 is 15.3 Å². The van der Waals surface area contributed by atoms with Gasteiger partial charge in [0.2, 0.25) is 0 Å². The summed E-state index contributed by atoms with van der Waals surface area (Å²) in [6.45, 7) is 2.07. The summed E-state index contributed by atoms with van der Waals surface area (Å²) in [5, 5.41) is 11.5. The molecule has 1 unspecified atom stereocenters. The number of carboxylic acid groups (broad SMARTS) is 1. The molecular formula is C18H21N3O3. The molecule has 1 aromatic heterocycles. The van der Waals surface area contributed by atoms with Crippen LogP contribution in [0.5, 0.6) is 0 Å². The number of hydrogen-bond acceptors (Lipinski definition) is 3. The van der Waals surface area contributed by atoms with E-state index in [0.29, 0.717) is 0 Å². The third kappa shape index (κ3) is 4.81. The first-order chi connectivity index (χ1) is 11.5. The van der Waals surface area contributed by atoms with Gasteiger partial charge in [0, 0.05) is 26.0 Å². The summed E-state index contributed by atoms with van der Waals surface area (Å²) in [6.07, 6.45) is 3.43. The second-order valence-corrected chi connectivity index (χ2v) is 5.59. The molecule has 0 aliphatic carbocycles. The van der Waals surface area contributed by atoms with Gasteiger partial charge in [-0.25, -0.2) is 4.79 Å². The molecule has 6 heteroatoms. The van der Waals surface area contributed by atoms with E-state index in [2.05, 4.69) is 10.3 Å². The molecule has 0 aliphatic heterocycles. The Morgan fingerprint density at radius 3 is 2.29 bits per heavy atom. The minimum atomic E-state index is -0.922. The minimum absolute atomic E-state index is 0.0705. The van der Waals surface area contributed by atoms with E-state index >= 15 is 0 Å². The molecule has 2 N–H and O–H groups in total. The molecule has 0 spiro atoms. The smallest absolute Gasteiger partial charge is 0.317 e. The number of carbonyl (C=O) groups is 2. The first-order valence-corrected chi connectivity index (χ1v) is 7.71. The van der Waals surface area contributed by atoms with Crippen molar-refractivity contribution in [1.82, 2.24) is 15.2 Å². The van der Waals surface area contributed by atoms with Crippen LogP contribution in [0.15, 0.2) is 48.8 Å². The molecule has 2 amide bonds. The highest BCUT2D eigenvalue weighted by atomic mass is 16.4. The van der Waals surface area contributed by atoms with Gasteiger partial charge >= 0.3 is 12.0 Å². The zero-order chi connectivity index (χ0) is 17.5. The van der Waals surface area contributed by atoms with Gasteiger partial charge in [0.15, 0.2) is 0 Å². The lowest BCUT2D eigenvalue weighted by atomic mass is 10.0. The lowest BCUT2D eigenvalue weighted by Gasteiger charge is -2.21. The van der Waals surface area contributed by atoms with Crippen LogP contribution in [0.4, 0.5) is 4.79 Å². The lowest BCUT2D eigenvalue weighted by Crippen LogP contribution is -2.39. The van der Waals surface area contributed by atoms with Crippen molar-refractivity contribution in [3.8, 4) is 11.1 Å². The van der Waals surface area contributed by atoms with Gasteiger partial charge in [0.05, 0.1) is 12.5 Å². The Kier molecular flexibility index (Phi) is 5.89. The van der Waals surface area contributed by atoms with Crippen molar-refractivity contribution in [3.05, 3.63) is 54.4 Å². The Balaban J connectivity index is 1.96. The number of amides is 2. The highest BCUT2D eigenvalue weighted by molar-refractivity contribution is 5.75. The zero-order valence-electron chi connectivity index (χ0n) is 13.8. The SMILES string of the molecule is CC(NC(=O)N(C)CCC(=O)O)c1ccc(-c2ccncc2)cc1. The quantitative estimate of drug-likeness (QED) is 0.854. The third-order valence-corrected chi connectivity index (χ3v) is 3.77. The summed E-state index contributed by atoms with van der Waals surface area (Å²) in [4.78, 5) is 28.0. The molecule has 1 heterocycles. The maximum atomic E-state index is 12.0. The van der Waals surface area contributed by atoms with E-state index in [0.717, 1.165) is 16.7 Å². The van der Waals surface area contributed by atoms with Crippen LogP contribution in [0.3, 0.4) is 0 Å². The number of aliphatic carboxylic acids is 1. The normalized spacial score (nSPS) is 11.6. The zero-order valence-corrected chi connectivity index (χ0v) is 13.8. The lowest BCUT2D eigenvalue weighted by molar-refractivity contribution is -0.137. The van der Waals surface area contributed by atoms with Crippen LogP contribution in [0, 0.1) is 0 Å². The predicted octanol–water partition coefficient (Wildman–Crippen LogP) is 2.93. The van der Waals surface area contributed by atoms with Crippen LogP contribution in [0.25, 0.3) is 11.1 Å². The average molecular weight is 327 g/mol. The standard InChI is InChI=1S/C18H21N3O3/c1-13(20-18(24)21(2)12-9-17(22)23)14-3-5-15(6-4-14)16-7-10-19-11-8-16/h3-8,10-11,13H,9,12H2,1-2H3,(H,20,24)(H,22,23). The highest BCUT2D eigenvalue weighted by Gasteiger charge is 2.14. The molecular weight excluding hydrogens is 306 g/mol. The summed E-state index contributed by atoms with van der Waals surface area (Å²) in [5.41, 5.74) is 3.15. The second-order valence-electron chi connectivity index (χ2n) is 5.59. The molecule has 6 nitrogen and oxygen atoms in total. The number of benzene rings is 1. The number of carboxylic acids is 1. The van der Waals surface area contributed by atoms with Gasteiger partial charge in [-0.05, 0) is 35.7 Å². The maximum Gasteiger partial charge on any atom is 0.317 e. The molecule has 126 valence electrons. The Morgan fingerprint density at radius 2 is 1.71 bits per heavy atom. The van der Waals surface area contributed by atoms with Crippen LogP contribution >= 0.6 is 0 Å². The Hall–Kier alpha value is -2.89. The molecule has 0 radical (unpaired) electrons. The van der Waals surface area contributed by atoms with E-state index in [1.54, 1.807) is 19.4 Å². The fourth-order valence-electron chi connectivity index (χ4n) is 2.25. The Labute approximate surface area is 141 Å². The summed E-state index contributed by atoms with van der Waals surface area (Å²) < 4.78 is 0. The van der Waals surface area contributed by atoms with E-state index in [1.165, 1.54) is 4.90 Å². The van der Waals surface area contributed by atoms with Gasteiger partial charge in [-0.2, -0.15) is 0 Å². The molecule has 1 aromatic carbocycles. The van der Waals surface area contributed by atoms with Crippen molar-refractivity contribution in [3.63, 3.8) is 0 Å². The summed E-state index contributed by atoms with van der Waals surface area (Å²) in [6, 6.07) is 11.4. The van der Waals surface area contributed by atoms with E-state index in [4.69, 9.17) is 5.11 Å². The first-order valence-electron chi connectivity index (χ1n) is 7.71. The van der Waals surface area contributed by atoms with E-state index in [-0.39, 0.29) is 25.0 Å². The van der Waals surface area contributed by atoms with Crippen LogP contribution in [-0.4, -0.2) is 40.6 Å². The molecule has 0 aliphatic rings. The summed E-state index contributed by atoms with van der Waals surface area (Å²) >= 11 is 0. The summed E-state index contributed by atoms with van der Waals surface area (Å²) in [7, 11) is 1.58. The summed E-state index contributed by atoms with van der Waals surface area (Å²) in [5.74, 6) is -0.922. The molecule has 0 saturated carbocycles. The fraction of sp³-hybridized carbons (Fsp3) is 0.278. The van der Waals surface area contributed by atoms with Crippen LogP contribution < -0.4 is 5.32 Å². The molecule has 0 saturated heterocycles. The van der Waals surface area contributed by atoms with Gasteiger partial charge in [0.25, 0.3) is 0 Å². The Bertz CT molecular complexity index is 686. The number of aromatic nitrogens is 1. The number of nitrogens with zero attached hydrogens (tertiary/aromatic N) is 2. The van der Waals surface area contributed by atoms with Gasteiger partial charge in [-0.3, -0.25) is 9.78 Å². The Morgan fingerprint density at radius 1 is 1.12 bits per heavy atom. The van der Waals surface area contributed by atoms with Crippen molar-refractivity contribution in [1.29, 1.82) is 0 Å². The minimum Gasteiger partial charge on any atom is -0.481 e. The third-order valence-electron chi connectivity index (χ3n) is 3.77. The number of carbonyl (C=O) groups excluding carboxylic acids is 1. The number of nitrogens with one attached hydrogen (secondary N) is 1. The predicted molar refractivity (Wildman–Crippen MR) is 91.5 cm³/mol. The largest absolute Gasteiger partial charge is 0.481 e. The van der Waals surface area contributed by atoms with Gasteiger partial charge in [-0.15, -0.1) is 0 Å². The molecule has 0 fully saturated rings. The van der Waals surface area contributed by atoms with E-state index < -0.39 is 5.97 Å². The highest BCUT2D eigenvalue weighted by Crippen LogP contribution is 2.21. The van der Waals surface area contributed by atoms with Crippen LogP contribution in [0.2, 0.25) is 0 Å². The molecule has 2 aromatic rings. The van der Waals surface area contributed by atoms with Crippen molar-refractivity contribution in [2.24, 2.45) is 0 Å². The molecule has 2 rings (SSSR count). The fourth-order valence-corrected chi connectivity index (χ4v) is 2.25.